The van der Waals surface area contributed by atoms with Crippen LogP contribution in [-0.2, 0) is 14.3 Å². The smallest absolute Gasteiger partial charge is 0.298 e. The van der Waals surface area contributed by atoms with Crippen LogP contribution in [0.1, 0.15) is 5.56 Å². The summed E-state index contributed by atoms with van der Waals surface area (Å²) >= 11 is 0. The van der Waals surface area contributed by atoms with Gasteiger partial charge in [-0.15, -0.1) is 0 Å². The Morgan fingerprint density at radius 3 is 2.26 bits per heavy atom. The minimum absolute atomic E-state index is 0.0970. The summed E-state index contributed by atoms with van der Waals surface area (Å²) in [7, 11) is -3.71. The van der Waals surface area contributed by atoms with E-state index in [1.165, 1.54) is 12.1 Å². The van der Waals surface area contributed by atoms with Gasteiger partial charge in [0.2, 0.25) is 0 Å². The van der Waals surface area contributed by atoms with Crippen LogP contribution in [0.15, 0.2) is 59.5 Å². The summed E-state index contributed by atoms with van der Waals surface area (Å²) < 4.78 is 28.7. The zero-order valence-electron chi connectivity index (χ0n) is 10.5. The highest BCUT2D eigenvalue weighted by atomic mass is 32.2. The second-order valence-corrected chi connectivity index (χ2v) is 5.69. The maximum Gasteiger partial charge on any atom is 0.298 e. The van der Waals surface area contributed by atoms with Crippen LogP contribution in [0.2, 0.25) is 0 Å². The van der Waals surface area contributed by atoms with Gasteiger partial charge in [-0.2, -0.15) is 8.42 Å². The van der Waals surface area contributed by atoms with Crippen molar-refractivity contribution in [3.05, 3.63) is 60.2 Å². The molecular formula is C14H15NO3S. The Morgan fingerprint density at radius 2 is 1.63 bits per heavy atom. The number of anilines is 1. The van der Waals surface area contributed by atoms with E-state index in [9.17, 15) is 8.42 Å². The summed E-state index contributed by atoms with van der Waals surface area (Å²) in [6, 6.07) is 15.8. The molecule has 1 N–H and O–H groups in total. The van der Waals surface area contributed by atoms with Gasteiger partial charge in [-0.3, -0.25) is 0 Å². The Labute approximate surface area is 113 Å². The van der Waals surface area contributed by atoms with Gasteiger partial charge in [-0.25, -0.2) is 4.18 Å². The number of nitrogens with one attached hydrogen (secondary N) is 1. The van der Waals surface area contributed by atoms with E-state index >= 15 is 0 Å². The highest BCUT2D eigenvalue weighted by molar-refractivity contribution is 7.86. The van der Waals surface area contributed by atoms with Crippen molar-refractivity contribution in [1.29, 1.82) is 0 Å². The fourth-order valence-corrected chi connectivity index (χ4v) is 2.34. The zero-order valence-corrected chi connectivity index (χ0v) is 11.4. The van der Waals surface area contributed by atoms with Crippen molar-refractivity contribution >= 4 is 15.8 Å². The number of para-hydroxylation sites is 1. The Hall–Kier alpha value is -1.85. The molecule has 19 heavy (non-hydrogen) atoms. The molecule has 0 saturated heterocycles. The van der Waals surface area contributed by atoms with Crippen molar-refractivity contribution in [3.8, 4) is 0 Å². The molecule has 0 amide bonds. The third kappa shape index (κ3) is 3.81. The van der Waals surface area contributed by atoms with Crippen LogP contribution in [0.3, 0.4) is 0 Å². The van der Waals surface area contributed by atoms with Crippen LogP contribution in [0.25, 0.3) is 0 Å². The summed E-state index contributed by atoms with van der Waals surface area (Å²) in [4.78, 5) is 0.160. The van der Waals surface area contributed by atoms with Gasteiger partial charge in [0.1, 0.15) is 6.73 Å². The molecular weight excluding hydrogens is 262 g/mol. The minimum atomic E-state index is -3.71. The lowest BCUT2D eigenvalue weighted by atomic mass is 10.2. The van der Waals surface area contributed by atoms with Crippen LogP contribution in [-0.4, -0.2) is 15.1 Å². The van der Waals surface area contributed by atoms with Gasteiger partial charge >= 0.3 is 0 Å². The Kier molecular flexibility index (Phi) is 4.19. The molecule has 0 unspecified atom stereocenters. The van der Waals surface area contributed by atoms with E-state index in [2.05, 4.69) is 5.32 Å². The van der Waals surface area contributed by atoms with Crippen molar-refractivity contribution in [1.82, 2.24) is 0 Å². The van der Waals surface area contributed by atoms with E-state index in [4.69, 9.17) is 4.18 Å². The predicted octanol–water partition coefficient (Wildman–Crippen LogP) is 2.77. The molecule has 0 fully saturated rings. The maximum atomic E-state index is 11.9. The summed E-state index contributed by atoms with van der Waals surface area (Å²) in [6.45, 7) is 1.80. The fraction of sp³-hybridized carbons (Fsp3) is 0.143. The third-order valence-electron chi connectivity index (χ3n) is 2.57. The second-order valence-electron chi connectivity index (χ2n) is 4.07. The average Bonchev–Trinajstić information content (AvgIpc) is 2.40. The largest absolute Gasteiger partial charge is 0.362 e. The van der Waals surface area contributed by atoms with Gasteiger partial charge in [0, 0.05) is 5.69 Å². The number of aryl methyl sites for hydroxylation is 1. The first-order valence-corrected chi connectivity index (χ1v) is 7.24. The molecule has 5 heteroatoms. The van der Waals surface area contributed by atoms with Crippen molar-refractivity contribution in [2.75, 3.05) is 12.0 Å². The topological polar surface area (TPSA) is 55.4 Å². The zero-order chi connectivity index (χ0) is 13.7. The van der Waals surface area contributed by atoms with E-state index in [1.54, 1.807) is 12.1 Å². The molecule has 0 radical (unpaired) electrons. The molecule has 0 saturated carbocycles. The molecule has 2 rings (SSSR count). The van der Waals surface area contributed by atoms with Crippen molar-refractivity contribution < 1.29 is 12.6 Å². The molecule has 0 aliphatic heterocycles. The lowest BCUT2D eigenvalue weighted by Gasteiger charge is -2.08. The lowest BCUT2D eigenvalue weighted by Crippen LogP contribution is -2.13. The summed E-state index contributed by atoms with van der Waals surface area (Å²) in [5.74, 6) is 0. The summed E-state index contributed by atoms with van der Waals surface area (Å²) in [6.07, 6.45) is 0. The van der Waals surface area contributed by atoms with Crippen molar-refractivity contribution in [2.45, 2.75) is 11.8 Å². The standard InChI is InChI=1S/C14H15NO3S/c1-12-7-9-14(10-8-12)19(16,17)18-11-15-13-5-3-2-4-6-13/h2-10,15H,11H2,1H3. The van der Waals surface area contributed by atoms with E-state index in [0.29, 0.717) is 0 Å². The normalized spacial score (nSPS) is 11.2. The Bertz CT molecular complexity index is 622. The van der Waals surface area contributed by atoms with E-state index < -0.39 is 10.1 Å². The molecule has 0 bridgehead atoms. The van der Waals surface area contributed by atoms with Gasteiger partial charge in [0.15, 0.2) is 0 Å². The second kappa shape index (κ2) is 5.86. The monoisotopic (exact) mass is 277 g/mol. The van der Waals surface area contributed by atoms with E-state index in [1.807, 2.05) is 37.3 Å². The summed E-state index contributed by atoms with van der Waals surface area (Å²) in [5.41, 5.74) is 1.81. The van der Waals surface area contributed by atoms with Crippen LogP contribution >= 0.6 is 0 Å². The van der Waals surface area contributed by atoms with Crippen LogP contribution in [0.5, 0.6) is 0 Å². The maximum absolute atomic E-state index is 11.9. The highest BCUT2D eigenvalue weighted by Gasteiger charge is 2.14. The predicted molar refractivity (Wildman–Crippen MR) is 74.4 cm³/mol. The molecule has 0 heterocycles. The van der Waals surface area contributed by atoms with Crippen LogP contribution in [0.4, 0.5) is 5.69 Å². The molecule has 0 aliphatic rings. The van der Waals surface area contributed by atoms with Gasteiger partial charge in [0.05, 0.1) is 4.90 Å². The number of benzene rings is 2. The van der Waals surface area contributed by atoms with Gasteiger partial charge in [0.25, 0.3) is 10.1 Å². The average molecular weight is 277 g/mol. The molecule has 0 aliphatic carbocycles. The molecule has 0 atom stereocenters. The van der Waals surface area contributed by atoms with E-state index in [-0.39, 0.29) is 11.6 Å². The third-order valence-corrected chi connectivity index (χ3v) is 3.85. The molecule has 0 aromatic heterocycles. The number of rotatable bonds is 5. The molecule has 2 aromatic rings. The Balaban J connectivity index is 1.97. The van der Waals surface area contributed by atoms with Crippen LogP contribution in [0, 0.1) is 6.92 Å². The first kappa shape index (κ1) is 13.6. The molecule has 4 nitrogen and oxygen atoms in total. The Morgan fingerprint density at radius 1 is 1.00 bits per heavy atom. The van der Waals surface area contributed by atoms with Gasteiger partial charge in [-0.1, -0.05) is 35.9 Å². The quantitative estimate of drug-likeness (QED) is 0.674. The number of hydrogen-bond donors (Lipinski definition) is 1. The van der Waals surface area contributed by atoms with Gasteiger partial charge in [-0.05, 0) is 31.2 Å². The lowest BCUT2D eigenvalue weighted by molar-refractivity contribution is 0.343. The molecule has 100 valence electrons. The SMILES string of the molecule is Cc1ccc(S(=O)(=O)OCNc2ccccc2)cc1. The van der Waals surface area contributed by atoms with Crippen LogP contribution < -0.4 is 5.32 Å². The van der Waals surface area contributed by atoms with Gasteiger partial charge < -0.3 is 5.32 Å². The summed E-state index contributed by atoms with van der Waals surface area (Å²) in [5, 5.41) is 2.88. The minimum Gasteiger partial charge on any atom is -0.362 e. The van der Waals surface area contributed by atoms with Crippen molar-refractivity contribution in [3.63, 3.8) is 0 Å². The first-order valence-electron chi connectivity index (χ1n) is 5.83. The first-order chi connectivity index (χ1) is 9.08. The molecule has 0 spiro atoms. The number of hydrogen-bond acceptors (Lipinski definition) is 4. The van der Waals surface area contributed by atoms with E-state index in [0.717, 1.165) is 11.3 Å². The highest BCUT2D eigenvalue weighted by Crippen LogP contribution is 2.13. The fourth-order valence-electron chi connectivity index (χ4n) is 1.52. The molecule has 2 aromatic carbocycles. The van der Waals surface area contributed by atoms with Crippen molar-refractivity contribution in [2.24, 2.45) is 0 Å².